The van der Waals surface area contributed by atoms with E-state index in [1.807, 2.05) is 11.3 Å². The van der Waals surface area contributed by atoms with Crippen LogP contribution in [0.1, 0.15) is 0 Å². The lowest BCUT2D eigenvalue weighted by atomic mass is 9.94. The first kappa shape index (κ1) is 24.6. The average molecular weight is 554 g/mol. The molecule has 0 saturated heterocycles. The molecule has 0 N–H and O–H groups in total. The van der Waals surface area contributed by atoms with Crippen LogP contribution in [0.4, 0.5) is 17.1 Å². The maximum Gasteiger partial charge on any atom is 0.0555 e. The number of para-hydroxylation sites is 2. The van der Waals surface area contributed by atoms with Gasteiger partial charge in [0.2, 0.25) is 0 Å². The van der Waals surface area contributed by atoms with Gasteiger partial charge in [0, 0.05) is 31.4 Å². The molecule has 0 aliphatic heterocycles. The fourth-order valence-electron chi connectivity index (χ4n) is 6.17. The molecule has 0 atom stereocenters. The number of anilines is 3. The van der Waals surface area contributed by atoms with Crippen molar-refractivity contribution in [3.8, 4) is 22.3 Å². The van der Waals surface area contributed by atoms with E-state index < -0.39 is 0 Å². The van der Waals surface area contributed by atoms with E-state index in [0.29, 0.717) is 0 Å². The van der Waals surface area contributed by atoms with Gasteiger partial charge < -0.3 is 4.90 Å². The van der Waals surface area contributed by atoms with Gasteiger partial charge in [-0.3, -0.25) is 0 Å². The molecule has 1 aromatic heterocycles. The predicted molar refractivity (Wildman–Crippen MR) is 182 cm³/mol. The van der Waals surface area contributed by atoms with Gasteiger partial charge in [-0.05, 0) is 69.9 Å². The van der Waals surface area contributed by atoms with Crippen LogP contribution in [0.15, 0.2) is 164 Å². The van der Waals surface area contributed by atoms with Gasteiger partial charge in [-0.25, -0.2) is 0 Å². The molecule has 8 aromatic rings. The van der Waals surface area contributed by atoms with E-state index in [2.05, 4.69) is 169 Å². The van der Waals surface area contributed by atoms with Crippen molar-refractivity contribution in [3.63, 3.8) is 0 Å². The van der Waals surface area contributed by atoms with Crippen molar-refractivity contribution >= 4 is 59.3 Å². The highest BCUT2D eigenvalue weighted by atomic mass is 32.1. The molecule has 0 unspecified atom stereocenters. The Hall–Kier alpha value is -5.18. The van der Waals surface area contributed by atoms with Crippen molar-refractivity contribution in [2.24, 2.45) is 0 Å². The Labute approximate surface area is 249 Å². The third kappa shape index (κ3) is 4.16. The Morgan fingerprint density at radius 2 is 1.00 bits per heavy atom. The summed E-state index contributed by atoms with van der Waals surface area (Å²) in [5, 5.41) is 5.12. The minimum atomic E-state index is 1.14. The van der Waals surface area contributed by atoms with Crippen molar-refractivity contribution in [1.82, 2.24) is 0 Å². The number of benzene rings is 7. The van der Waals surface area contributed by atoms with Crippen molar-refractivity contribution in [2.45, 2.75) is 0 Å². The third-order valence-electron chi connectivity index (χ3n) is 8.06. The fourth-order valence-corrected chi connectivity index (χ4v) is 7.30. The second-order valence-corrected chi connectivity index (χ2v) is 11.6. The van der Waals surface area contributed by atoms with E-state index in [1.54, 1.807) is 0 Å². The molecular weight excluding hydrogens is 527 g/mol. The SMILES string of the molecule is c1ccc(N(c2ccccc2-c2cccc(-c3cccc4ccccc34)c2)c2cccc3sc4ccccc4c23)cc1. The molecule has 7 aromatic carbocycles. The van der Waals surface area contributed by atoms with Crippen LogP contribution in [0, 0.1) is 0 Å². The maximum atomic E-state index is 2.43. The van der Waals surface area contributed by atoms with Crippen molar-refractivity contribution in [1.29, 1.82) is 0 Å². The normalized spacial score (nSPS) is 11.3. The third-order valence-corrected chi connectivity index (χ3v) is 9.19. The lowest BCUT2D eigenvalue weighted by Crippen LogP contribution is -2.11. The van der Waals surface area contributed by atoms with E-state index in [0.717, 1.165) is 11.4 Å². The first-order valence-electron chi connectivity index (χ1n) is 14.3. The van der Waals surface area contributed by atoms with E-state index in [9.17, 15) is 0 Å². The summed E-state index contributed by atoms with van der Waals surface area (Å²) in [6.07, 6.45) is 0. The molecule has 0 spiro atoms. The predicted octanol–water partition coefficient (Wildman–Crippen LogP) is 12.0. The van der Waals surface area contributed by atoms with Gasteiger partial charge in [0.05, 0.1) is 11.4 Å². The van der Waals surface area contributed by atoms with Crippen molar-refractivity contribution < 1.29 is 0 Å². The highest BCUT2D eigenvalue weighted by molar-refractivity contribution is 7.26. The van der Waals surface area contributed by atoms with Crippen molar-refractivity contribution in [2.75, 3.05) is 4.90 Å². The molecule has 0 saturated carbocycles. The lowest BCUT2D eigenvalue weighted by molar-refractivity contribution is 1.30. The van der Waals surface area contributed by atoms with E-state index in [4.69, 9.17) is 0 Å². The molecule has 198 valence electrons. The number of thiophene rings is 1. The quantitative estimate of drug-likeness (QED) is 0.205. The minimum Gasteiger partial charge on any atom is -0.309 e. The summed E-state index contributed by atoms with van der Waals surface area (Å²) in [7, 11) is 0. The zero-order valence-corrected chi connectivity index (χ0v) is 23.8. The zero-order valence-electron chi connectivity index (χ0n) is 22.9. The second kappa shape index (κ2) is 10.3. The monoisotopic (exact) mass is 553 g/mol. The van der Waals surface area contributed by atoms with E-state index >= 15 is 0 Å². The van der Waals surface area contributed by atoms with Crippen LogP contribution in [-0.2, 0) is 0 Å². The van der Waals surface area contributed by atoms with Crippen LogP contribution < -0.4 is 4.90 Å². The highest BCUT2D eigenvalue weighted by Crippen LogP contribution is 2.47. The number of rotatable bonds is 5. The number of fused-ring (bicyclic) bond motifs is 4. The smallest absolute Gasteiger partial charge is 0.0555 e. The number of hydrogen-bond acceptors (Lipinski definition) is 2. The fraction of sp³-hybridized carbons (Fsp3) is 0. The first-order valence-corrected chi connectivity index (χ1v) is 15.1. The molecule has 0 aliphatic rings. The van der Waals surface area contributed by atoms with E-state index in [-0.39, 0.29) is 0 Å². The molecule has 1 heterocycles. The van der Waals surface area contributed by atoms with Crippen LogP contribution in [0.5, 0.6) is 0 Å². The molecule has 0 aliphatic carbocycles. The summed E-state index contributed by atoms with van der Waals surface area (Å²) in [6, 6.07) is 59.1. The molecule has 0 bridgehead atoms. The molecule has 0 fully saturated rings. The van der Waals surface area contributed by atoms with Gasteiger partial charge in [0.1, 0.15) is 0 Å². The van der Waals surface area contributed by atoms with Gasteiger partial charge >= 0.3 is 0 Å². The van der Waals surface area contributed by atoms with Crippen LogP contribution in [0.3, 0.4) is 0 Å². The van der Waals surface area contributed by atoms with Crippen LogP contribution >= 0.6 is 11.3 Å². The lowest BCUT2D eigenvalue weighted by Gasteiger charge is -2.28. The van der Waals surface area contributed by atoms with Crippen LogP contribution in [-0.4, -0.2) is 0 Å². The molecule has 0 amide bonds. The largest absolute Gasteiger partial charge is 0.309 e. The Balaban J connectivity index is 1.36. The highest BCUT2D eigenvalue weighted by Gasteiger charge is 2.21. The summed E-state index contributed by atoms with van der Waals surface area (Å²) in [6.45, 7) is 0. The summed E-state index contributed by atoms with van der Waals surface area (Å²) in [5.74, 6) is 0. The number of nitrogens with zero attached hydrogens (tertiary/aromatic N) is 1. The van der Waals surface area contributed by atoms with Gasteiger partial charge in [0.25, 0.3) is 0 Å². The van der Waals surface area contributed by atoms with Gasteiger partial charge in [-0.1, -0.05) is 121 Å². The molecule has 42 heavy (non-hydrogen) atoms. The minimum absolute atomic E-state index is 1.14. The zero-order chi connectivity index (χ0) is 27.9. The Morgan fingerprint density at radius 1 is 0.405 bits per heavy atom. The molecular formula is C40H27NS. The van der Waals surface area contributed by atoms with Crippen molar-refractivity contribution in [3.05, 3.63) is 164 Å². The summed E-state index contributed by atoms with van der Waals surface area (Å²) in [5.41, 5.74) is 8.34. The molecule has 2 heteroatoms. The van der Waals surface area contributed by atoms with Gasteiger partial charge in [-0.15, -0.1) is 11.3 Å². The van der Waals surface area contributed by atoms with Crippen LogP contribution in [0.2, 0.25) is 0 Å². The van der Waals surface area contributed by atoms with Crippen LogP contribution in [0.25, 0.3) is 53.2 Å². The average Bonchev–Trinajstić information content (AvgIpc) is 3.45. The van der Waals surface area contributed by atoms with Gasteiger partial charge in [-0.2, -0.15) is 0 Å². The Bertz CT molecular complexity index is 2200. The Morgan fingerprint density at radius 3 is 1.90 bits per heavy atom. The van der Waals surface area contributed by atoms with E-state index in [1.165, 1.54) is 58.9 Å². The summed E-state index contributed by atoms with van der Waals surface area (Å²) < 4.78 is 2.61. The van der Waals surface area contributed by atoms with Gasteiger partial charge in [0.15, 0.2) is 0 Å². The summed E-state index contributed by atoms with van der Waals surface area (Å²) in [4.78, 5) is 2.43. The second-order valence-electron chi connectivity index (χ2n) is 10.5. The standard InChI is InChI=1S/C40H27NS/c1-2-17-31(18-3-1)41(37-24-12-26-39-40(37)35-21-7-9-25-38(35)42-39)36-23-8-6-20-34(36)30-16-10-15-29(27-30)33-22-11-14-28-13-4-5-19-32(28)33/h1-27H. The maximum absolute atomic E-state index is 2.43. The molecule has 0 radical (unpaired) electrons. The number of hydrogen-bond donors (Lipinski definition) is 0. The Kier molecular flexibility index (Phi) is 6.05. The topological polar surface area (TPSA) is 3.24 Å². The summed E-state index contributed by atoms with van der Waals surface area (Å²) >= 11 is 1.86. The molecule has 1 nitrogen and oxygen atoms in total. The first-order chi connectivity index (χ1) is 20.8. The molecule has 8 rings (SSSR count).